The fourth-order valence-electron chi connectivity index (χ4n) is 4.06. The highest BCUT2D eigenvalue weighted by Crippen LogP contribution is 2.20. The van der Waals surface area contributed by atoms with Crippen molar-refractivity contribution in [2.24, 2.45) is 0 Å². The lowest BCUT2D eigenvalue weighted by Gasteiger charge is -2.18. The van der Waals surface area contributed by atoms with Crippen LogP contribution in [0.1, 0.15) is 24.5 Å². The Kier molecular flexibility index (Phi) is 11.7. The number of esters is 1. The molecule has 232 valence electrons. The van der Waals surface area contributed by atoms with Gasteiger partial charge in [-0.3, -0.25) is 19.7 Å². The van der Waals surface area contributed by atoms with Crippen LogP contribution in [0.4, 0.5) is 16.2 Å². The Morgan fingerprint density at radius 2 is 1.69 bits per heavy atom. The summed E-state index contributed by atoms with van der Waals surface area (Å²) in [7, 11) is 0. The van der Waals surface area contributed by atoms with Crippen LogP contribution < -0.4 is 16.0 Å². The first-order valence-electron chi connectivity index (χ1n) is 13.9. The molecule has 0 fully saturated rings. The number of halogens is 1. The molecule has 1 aromatic heterocycles. The van der Waals surface area contributed by atoms with Crippen LogP contribution in [0.2, 0.25) is 5.02 Å². The molecule has 0 bridgehead atoms. The normalized spacial score (nSPS) is 11.4. The maximum absolute atomic E-state index is 13.3. The van der Waals surface area contributed by atoms with Crippen LogP contribution in [-0.4, -0.2) is 63.3 Å². The minimum atomic E-state index is -0.921. The summed E-state index contributed by atoms with van der Waals surface area (Å²) in [5.74, 6) is -1.41. The molecule has 13 nitrogen and oxygen atoms in total. The first-order valence-corrected chi connectivity index (χ1v) is 14.2. The van der Waals surface area contributed by atoms with Gasteiger partial charge in [-0.05, 0) is 71.5 Å². The zero-order valence-corrected chi connectivity index (χ0v) is 24.9. The summed E-state index contributed by atoms with van der Waals surface area (Å²) in [6, 6.07) is 19.7. The Morgan fingerprint density at radius 3 is 2.38 bits per heavy atom. The van der Waals surface area contributed by atoms with Gasteiger partial charge in [0, 0.05) is 34.5 Å². The molecule has 14 heteroatoms. The van der Waals surface area contributed by atoms with Crippen LogP contribution in [0.25, 0.3) is 11.8 Å². The summed E-state index contributed by atoms with van der Waals surface area (Å²) >= 11 is 6.17. The van der Waals surface area contributed by atoms with E-state index in [2.05, 4.69) is 31.5 Å². The molecule has 0 radical (unpaired) electrons. The second kappa shape index (κ2) is 16.3. The van der Waals surface area contributed by atoms with E-state index in [1.165, 1.54) is 17.1 Å². The summed E-state index contributed by atoms with van der Waals surface area (Å²) in [5.41, 5.74) is 2.89. The molecule has 4 aromatic rings. The number of ether oxygens (including phenoxy) is 2. The SMILES string of the molecule is CCOC(=O)CCOC(=O)Nc1ccc(NC(=O)[C@H](Cc2ccccc2)NC(=O)C=Cc2cc(Cl)ccc2-n2cnnn2)cc1. The Bertz CT molecular complexity index is 1630. The van der Waals surface area contributed by atoms with E-state index in [4.69, 9.17) is 21.1 Å². The molecular formula is C31H30ClN7O6. The summed E-state index contributed by atoms with van der Waals surface area (Å²) in [4.78, 5) is 49.7. The molecule has 1 atom stereocenters. The lowest BCUT2D eigenvalue weighted by Crippen LogP contribution is -2.44. The largest absolute Gasteiger partial charge is 0.466 e. The molecule has 0 spiro atoms. The fraction of sp³-hybridized carbons (Fsp3) is 0.194. The first kappa shape index (κ1) is 32.4. The van der Waals surface area contributed by atoms with Gasteiger partial charge in [-0.2, -0.15) is 4.68 Å². The number of benzene rings is 3. The minimum absolute atomic E-state index is 0.0505. The van der Waals surface area contributed by atoms with Gasteiger partial charge in [0.2, 0.25) is 11.8 Å². The van der Waals surface area contributed by atoms with E-state index in [-0.39, 0.29) is 26.1 Å². The third-order valence-corrected chi connectivity index (χ3v) is 6.39. The van der Waals surface area contributed by atoms with Gasteiger partial charge in [-0.25, -0.2) is 4.79 Å². The Hall–Kier alpha value is -5.56. The zero-order chi connectivity index (χ0) is 32.0. The molecule has 1 heterocycles. The molecule has 0 unspecified atom stereocenters. The molecule has 3 aromatic carbocycles. The smallest absolute Gasteiger partial charge is 0.411 e. The van der Waals surface area contributed by atoms with Crippen molar-refractivity contribution in [3.05, 3.63) is 101 Å². The van der Waals surface area contributed by atoms with Gasteiger partial charge in [-0.1, -0.05) is 41.9 Å². The van der Waals surface area contributed by atoms with Crippen molar-refractivity contribution in [1.82, 2.24) is 25.5 Å². The van der Waals surface area contributed by atoms with Crippen molar-refractivity contribution < 1.29 is 28.7 Å². The molecule has 45 heavy (non-hydrogen) atoms. The van der Waals surface area contributed by atoms with E-state index < -0.39 is 29.9 Å². The van der Waals surface area contributed by atoms with Crippen molar-refractivity contribution in [2.75, 3.05) is 23.8 Å². The van der Waals surface area contributed by atoms with E-state index in [1.54, 1.807) is 55.5 Å². The number of carbonyl (C=O) groups excluding carboxylic acids is 4. The van der Waals surface area contributed by atoms with Crippen LogP contribution in [0.5, 0.6) is 0 Å². The van der Waals surface area contributed by atoms with Gasteiger partial charge in [0.25, 0.3) is 0 Å². The molecule has 0 aliphatic rings. The van der Waals surface area contributed by atoms with Crippen LogP contribution in [0.15, 0.2) is 85.2 Å². The number of nitrogens with one attached hydrogen (secondary N) is 3. The van der Waals surface area contributed by atoms with Gasteiger partial charge in [0.1, 0.15) is 19.0 Å². The highest BCUT2D eigenvalue weighted by Gasteiger charge is 2.21. The molecular weight excluding hydrogens is 602 g/mol. The van der Waals surface area contributed by atoms with Crippen LogP contribution in [0, 0.1) is 0 Å². The summed E-state index contributed by atoms with van der Waals surface area (Å²) < 4.78 is 11.2. The first-order chi connectivity index (χ1) is 21.8. The molecule has 0 saturated heterocycles. The number of aromatic nitrogens is 4. The topological polar surface area (TPSA) is 166 Å². The van der Waals surface area contributed by atoms with Crippen molar-refractivity contribution in [3.63, 3.8) is 0 Å². The van der Waals surface area contributed by atoms with E-state index in [1.807, 2.05) is 30.3 Å². The number of rotatable bonds is 13. The molecule has 3 N–H and O–H groups in total. The van der Waals surface area contributed by atoms with Crippen molar-refractivity contribution in [1.29, 1.82) is 0 Å². The quantitative estimate of drug-likeness (QED) is 0.145. The van der Waals surface area contributed by atoms with Gasteiger partial charge in [0.15, 0.2) is 0 Å². The molecule has 0 saturated carbocycles. The van der Waals surface area contributed by atoms with Crippen molar-refractivity contribution >= 4 is 52.9 Å². The predicted octanol–water partition coefficient (Wildman–Crippen LogP) is 4.20. The lowest BCUT2D eigenvalue weighted by molar-refractivity contribution is -0.143. The third-order valence-electron chi connectivity index (χ3n) is 6.16. The summed E-state index contributed by atoms with van der Waals surface area (Å²) in [6.07, 6.45) is 3.73. The van der Waals surface area contributed by atoms with Gasteiger partial charge >= 0.3 is 12.1 Å². The standard InChI is InChI=1S/C31H30ClN7O6/c1-2-44-29(41)16-17-45-31(43)35-25-12-10-24(11-13-25)34-30(42)26(18-21-6-4-3-5-7-21)36-28(40)15-8-22-19-23(32)9-14-27(22)39-20-33-37-38-39/h3-15,19-20,26H,2,16-18H2,1H3,(H,34,42)(H,35,43)(H,36,40)/t26-/m0/s1. The highest BCUT2D eigenvalue weighted by molar-refractivity contribution is 6.30. The lowest BCUT2D eigenvalue weighted by atomic mass is 10.0. The maximum atomic E-state index is 13.3. The van der Waals surface area contributed by atoms with Crippen LogP contribution in [0.3, 0.4) is 0 Å². The Balaban J connectivity index is 1.39. The predicted molar refractivity (Wildman–Crippen MR) is 167 cm³/mol. The van der Waals surface area contributed by atoms with E-state index in [0.29, 0.717) is 27.6 Å². The second-order valence-electron chi connectivity index (χ2n) is 9.42. The van der Waals surface area contributed by atoms with Gasteiger partial charge in [-0.15, -0.1) is 5.10 Å². The van der Waals surface area contributed by atoms with E-state index >= 15 is 0 Å². The van der Waals surface area contributed by atoms with E-state index in [0.717, 1.165) is 5.56 Å². The Labute approximate surface area is 263 Å². The van der Waals surface area contributed by atoms with Crippen molar-refractivity contribution in [2.45, 2.75) is 25.8 Å². The number of hydrogen-bond donors (Lipinski definition) is 3. The minimum Gasteiger partial charge on any atom is -0.466 e. The molecule has 0 aliphatic heterocycles. The maximum Gasteiger partial charge on any atom is 0.411 e. The highest BCUT2D eigenvalue weighted by atomic mass is 35.5. The number of anilines is 2. The van der Waals surface area contributed by atoms with Gasteiger partial charge < -0.3 is 20.1 Å². The summed E-state index contributed by atoms with van der Waals surface area (Å²) in [6.45, 7) is 1.81. The van der Waals surface area contributed by atoms with Crippen LogP contribution in [-0.2, 0) is 30.3 Å². The number of tetrazole rings is 1. The third kappa shape index (κ3) is 10.3. The second-order valence-corrected chi connectivity index (χ2v) is 9.86. The monoisotopic (exact) mass is 631 g/mol. The molecule has 0 aliphatic carbocycles. The average molecular weight is 632 g/mol. The van der Waals surface area contributed by atoms with Crippen molar-refractivity contribution in [3.8, 4) is 5.69 Å². The Morgan fingerprint density at radius 1 is 0.956 bits per heavy atom. The van der Waals surface area contributed by atoms with Gasteiger partial charge in [0.05, 0.1) is 18.7 Å². The number of hydrogen-bond acceptors (Lipinski definition) is 9. The molecule has 3 amide bonds. The van der Waals surface area contributed by atoms with Crippen LogP contribution >= 0.6 is 11.6 Å². The van der Waals surface area contributed by atoms with E-state index in [9.17, 15) is 19.2 Å². The molecule has 4 rings (SSSR count). The number of amides is 3. The number of nitrogens with zero attached hydrogens (tertiary/aromatic N) is 4. The zero-order valence-electron chi connectivity index (χ0n) is 24.2. The number of carbonyl (C=O) groups is 4. The fourth-order valence-corrected chi connectivity index (χ4v) is 4.24. The summed E-state index contributed by atoms with van der Waals surface area (Å²) in [5, 5.41) is 19.7. The average Bonchev–Trinajstić information content (AvgIpc) is 3.56.